The highest BCUT2D eigenvalue weighted by atomic mass is 16.6. The van der Waals surface area contributed by atoms with E-state index in [0.717, 1.165) is 16.5 Å². The van der Waals surface area contributed by atoms with E-state index in [1.807, 2.05) is 30.3 Å². The van der Waals surface area contributed by atoms with Crippen molar-refractivity contribution in [3.05, 3.63) is 75.3 Å². The van der Waals surface area contributed by atoms with Gasteiger partial charge in [0, 0.05) is 19.7 Å². The Hall–Kier alpha value is -3.55. The zero-order chi connectivity index (χ0) is 18.8. The first-order valence-corrected chi connectivity index (χ1v) is 7.81. The van der Waals surface area contributed by atoms with Gasteiger partial charge in [0.05, 0.1) is 10.5 Å². The highest BCUT2D eigenvalue weighted by Crippen LogP contribution is 2.30. The molecule has 8 nitrogen and oxygen atoms in total. The molecule has 0 unspecified atom stereocenters. The first-order valence-electron chi connectivity index (χ1n) is 7.81. The molecule has 0 atom stereocenters. The van der Waals surface area contributed by atoms with Crippen LogP contribution < -0.4 is 0 Å². The van der Waals surface area contributed by atoms with Crippen LogP contribution in [-0.2, 0) is 11.3 Å². The van der Waals surface area contributed by atoms with Gasteiger partial charge in [-0.1, -0.05) is 36.4 Å². The van der Waals surface area contributed by atoms with E-state index in [4.69, 9.17) is 0 Å². The highest BCUT2D eigenvalue weighted by Gasteiger charge is 2.41. The fraction of sp³-hybridized carbons (Fsp3) is 0.167. The molecule has 1 aliphatic rings. The molecule has 132 valence electrons. The van der Waals surface area contributed by atoms with Crippen LogP contribution in [0.4, 0.5) is 5.69 Å². The number of likely N-dealkylation sites (N-methyl/N-ethyl adjacent to an activating group) is 1. The standard InChI is InChI=1S/C18H15N3O5/c1-19(10-12-6-3-2-4-7-12)15(22)11-20-17(23)13-8-5-9-14(21(25)26)16(13)18(20)24/h2-9H,10-11H2,1H3. The topological polar surface area (TPSA) is 101 Å². The molecule has 3 amide bonds. The van der Waals surface area contributed by atoms with E-state index in [9.17, 15) is 24.5 Å². The Morgan fingerprint density at radius 1 is 1.08 bits per heavy atom. The second-order valence-electron chi connectivity index (χ2n) is 5.89. The monoisotopic (exact) mass is 353 g/mol. The van der Waals surface area contributed by atoms with Crippen molar-refractivity contribution in [2.45, 2.75) is 6.54 Å². The first-order chi connectivity index (χ1) is 12.4. The third-order valence-corrected chi connectivity index (χ3v) is 4.16. The number of carbonyl (C=O) groups excluding carboxylic acids is 3. The van der Waals surface area contributed by atoms with Gasteiger partial charge < -0.3 is 4.90 Å². The summed E-state index contributed by atoms with van der Waals surface area (Å²) in [5.74, 6) is -1.96. The summed E-state index contributed by atoms with van der Waals surface area (Å²) in [5.41, 5.74) is 0.151. The van der Waals surface area contributed by atoms with E-state index in [1.165, 1.54) is 17.0 Å². The summed E-state index contributed by atoms with van der Waals surface area (Å²) in [6, 6.07) is 13.1. The lowest BCUT2D eigenvalue weighted by molar-refractivity contribution is -0.385. The average molecular weight is 353 g/mol. The van der Waals surface area contributed by atoms with Crippen molar-refractivity contribution < 1.29 is 19.3 Å². The van der Waals surface area contributed by atoms with Gasteiger partial charge in [0.2, 0.25) is 5.91 Å². The van der Waals surface area contributed by atoms with Crippen LogP contribution in [0.1, 0.15) is 26.3 Å². The van der Waals surface area contributed by atoms with Gasteiger partial charge in [-0.15, -0.1) is 0 Å². The number of fused-ring (bicyclic) bond motifs is 1. The third-order valence-electron chi connectivity index (χ3n) is 4.16. The Bertz CT molecular complexity index is 910. The molecular weight excluding hydrogens is 338 g/mol. The van der Waals surface area contributed by atoms with E-state index in [2.05, 4.69) is 0 Å². The Labute approximate surface area is 148 Å². The molecular formula is C18H15N3O5. The van der Waals surface area contributed by atoms with Crippen molar-refractivity contribution in [3.63, 3.8) is 0 Å². The van der Waals surface area contributed by atoms with Gasteiger partial charge in [-0.2, -0.15) is 0 Å². The number of carbonyl (C=O) groups is 3. The van der Waals surface area contributed by atoms with Crippen LogP contribution in [0.2, 0.25) is 0 Å². The minimum atomic E-state index is -0.821. The van der Waals surface area contributed by atoms with Crippen molar-refractivity contribution in [1.29, 1.82) is 0 Å². The van der Waals surface area contributed by atoms with Crippen molar-refractivity contribution in [1.82, 2.24) is 9.80 Å². The van der Waals surface area contributed by atoms with Crippen LogP contribution in [0.25, 0.3) is 0 Å². The molecule has 0 spiro atoms. The molecule has 0 saturated carbocycles. The molecule has 3 rings (SSSR count). The van der Waals surface area contributed by atoms with E-state index in [1.54, 1.807) is 7.05 Å². The summed E-state index contributed by atoms with van der Waals surface area (Å²) in [7, 11) is 1.57. The summed E-state index contributed by atoms with van der Waals surface area (Å²) in [6.45, 7) is -0.143. The zero-order valence-electron chi connectivity index (χ0n) is 13.9. The third kappa shape index (κ3) is 3.04. The Balaban J connectivity index is 1.77. The maximum Gasteiger partial charge on any atom is 0.282 e. The van der Waals surface area contributed by atoms with E-state index in [-0.39, 0.29) is 11.1 Å². The molecule has 2 aromatic carbocycles. The molecule has 0 radical (unpaired) electrons. The number of nitro groups is 1. The number of nitro benzene ring substituents is 1. The van der Waals surface area contributed by atoms with Gasteiger partial charge in [0.25, 0.3) is 17.5 Å². The number of imide groups is 1. The number of nitrogens with zero attached hydrogens (tertiary/aromatic N) is 3. The molecule has 0 N–H and O–H groups in total. The quantitative estimate of drug-likeness (QED) is 0.464. The molecule has 0 aliphatic carbocycles. The molecule has 0 saturated heterocycles. The maximum absolute atomic E-state index is 12.5. The Morgan fingerprint density at radius 3 is 2.42 bits per heavy atom. The fourth-order valence-corrected chi connectivity index (χ4v) is 2.81. The first kappa shape index (κ1) is 17.3. The average Bonchev–Trinajstić information content (AvgIpc) is 2.87. The van der Waals surface area contributed by atoms with Gasteiger partial charge >= 0.3 is 0 Å². The molecule has 26 heavy (non-hydrogen) atoms. The second kappa shape index (κ2) is 6.75. The summed E-state index contributed by atoms with van der Waals surface area (Å²) >= 11 is 0. The SMILES string of the molecule is CN(Cc1ccccc1)C(=O)CN1C(=O)c2cccc([N+](=O)[O-])c2C1=O. The van der Waals surface area contributed by atoms with E-state index in [0.29, 0.717) is 6.54 Å². The molecule has 1 heterocycles. The molecule has 1 aliphatic heterocycles. The van der Waals surface area contributed by atoms with Crippen LogP contribution in [0.15, 0.2) is 48.5 Å². The molecule has 0 bridgehead atoms. The highest BCUT2D eigenvalue weighted by molar-refractivity contribution is 6.24. The zero-order valence-corrected chi connectivity index (χ0v) is 13.9. The van der Waals surface area contributed by atoms with Crippen molar-refractivity contribution in [2.24, 2.45) is 0 Å². The number of rotatable bonds is 5. The second-order valence-corrected chi connectivity index (χ2v) is 5.89. The number of hydrogen-bond acceptors (Lipinski definition) is 5. The summed E-state index contributed by atoms with van der Waals surface area (Å²) in [5, 5.41) is 11.1. The minimum Gasteiger partial charge on any atom is -0.340 e. The lowest BCUT2D eigenvalue weighted by Crippen LogP contribution is -2.41. The van der Waals surface area contributed by atoms with Gasteiger partial charge in [-0.3, -0.25) is 29.4 Å². The summed E-state index contributed by atoms with van der Waals surface area (Å²) in [4.78, 5) is 49.8. The van der Waals surface area contributed by atoms with Gasteiger partial charge in [-0.05, 0) is 11.6 Å². The summed E-state index contributed by atoms with van der Waals surface area (Å²) < 4.78 is 0. The van der Waals surface area contributed by atoms with Crippen molar-refractivity contribution in [3.8, 4) is 0 Å². The van der Waals surface area contributed by atoms with Crippen molar-refractivity contribution >= 4 is 23.4 Å². The number of hydrogen-bond donors (Lipinski definition) is 0. The molecule has 0 fully saturated rings. The van der Waals surface area contributed by atoms with Gasteiger partial charge in [-0.25, -0.2) is 0 Å². The predicted octanol–water partition coefficient (Wildman–Crippen LogP) is 1.85. The smallest absolute Gasteiger partial charge is 0.282 e. The largest absolute Gasteiger partial charge is 0.340 e. The summed E-state index contributed by atoms with van der Waals surface area (Å²) in [6.07, 6.45) is 0. The maximum atomic E-state index is 12.5. The van der Waals surface area contributed by atoms with Crippen LogP contribution in [-0.4, -0.2) is 46.0 Å². The predicted molar refractivity (Wildman–Crippen MR) is 91.4 cm³/mol. The van der Waals surface area contributed by atoms with Crippen LogP contribution >= 0.6 is 0 Å². The minimum absolute atomic E-state index is 0.0530. The fourth-order valence-electron chi connectivity index (χ4n) is 2.81. The Morgan fingerprint density at radius 2 is 1.77 bits per heavy atom. The number of amides is 3. The Kier molecular flexibility index (Phi) is 4.49. The van der Waals surface area contributed by atoms with E-state index >= 15 is 0 Å². The molecule has 0 aromatic heterocycles. The van der Waals surface area contributed by atoms with Crippen LogP contribution in [0.5, 0.6) is 0 Å². The lowest BCUT2D eigenvalue weighted by Gasteiger charge is -2.20. The molecule has 8 heteroatoms. The number of benzene rings is 2. The van der Waals surface area contributed by atoms with Gasteiger partial charge in [0.15, 0.2) is 0 Å². The van der Waals surface area contributed by atoms with Crippen molar-refractivity contribution in [2.75, 3.05) is 13.6 Å². The molecule has 2 aromatic rings. The van der Waals surface area contributed by atoms with Crippen LogP contribution in [0.3, 0.4) is 0 Å². The van der Waals surface area contributed by atoms with Gasteiger partial charge in [0.1, 0.15) is 12.1 Å². The van der Waals surface area contributed by atoms with E-state index < -0.39 is 34.9 Å². The van der Waals surface area contributed by atoms with Crippen LogP contribution in [0, 0.1) is 10.1 Å². The lowest BCUT2D eigenvalue weighted by atomic mass is 10.1. The normalized spacial score (nSPS) is 12.9.